The average molecular weight is 319 g/mol. The molecule has 0 heterocycles. The first-order valence-electron chi connectivity index (χ1n) is 6.52. The van der Waals surface area contributed by atoms with Gasteiger partial charge in [0.2, 0.25) is 0 Å². The fourth-order valence-corrected chi connectivity index (χ4v) is 2.05. The minimum Gasteiger partial charge on any atom is -0.465 e. The third-order valence-electron chi connectivity index (χ3n) is 3.09. The van der Waals surface area contributed by atoms with E-state index in [4.69, 9.17) is 16.3 Å². The van der Waals surface area contributed by atoms with E-state index in [-0.39, 0.29) is 0 Å². The summed E-state index contributed by atoms with van der Waals surface area (Å²) >= 11 is 5.79. The number of benzene rings is 2. The van der Waals surface area contributed by atoms with Crippen LogP contribution in [0.2, 0.25) is 5.02 Å². The number of halogens is 1. The molecule has 0 saturated heterocycles. The van der Waals surface area contributed by atoms with Gasteiger partial charge in [-0.25, -0.2) is 9.59 Å². The predicted molar refractivity (Wildman–Crippen MR) is 86.6 cm³/mol. The molecule has 0 aliphatic carbocycles. The zero-order valence-electron chi connectivity index (χ0n) is 12.1. The van der Waals surface area contributed by atoms with Gasteiger partial charge >= 0.3 is 12.0 Å². The van der Waals surface area contributed by atoms with Crippen molar-refractivity contribution in [1.82, 2.24) is 0 Å². The summed E-state index contributed by atoms with van der Waals surface area (Å²) in [6, 6.07) is 11.4. The number of rotatable bonds is 3. The maximum Gasteiger partial charge on any atom is 0.338 e. The van der Waals surface area contributed by atoms with Crippen LogP contribution in [-0.2, 0) is 4.74 Å². The molecule has 0 fully saturated rings. The van der Waals surface area contributed by atoms with Gasteiger partial charge in [0.05, 0.1) is 12.7 Å². The number of esters is 1. The zero-order valence-corrected chi connectivity index (χ0v) is 12.9. The van der Waals surface area contributed by atoms with Gasteiger partial charge in [0.25, 0.3) is 0 Å². The number of methoxy groups -OCH3 is 1. The van der Waals surface area contributed by atoms with Crippen molar-refractivity contribution >= 4 is 35.0 Å². The molecule has 0 atom stereocenters. The van der Waals surface area contributed by atoms with Crippen LogP contribution in [0.25, 0.3) is 0 Å². The highest BCUT2D eigenvalue weighted by Gasteiger charge is 2.13. The summed E-state index contributed by atoms with van der Waals surface area (Å²) < 4.78 is 4.70. The van der Waals surface area contributed by atoms with Crippen LogP contribution in [0.1, 0.15) is 15.9 Å². The van der Waals surface area contributed by atoms with Gasteiger partial charge in [-0.2, -0.15) is 0 Å². The van der Waals surface area contributed by atoms with Crippen LogP contribution in [0.15, 0.2) is 42.5 Å². The van der Waals surface area contributed by atoms with Crippen LogP contribution in [-0.4, -0.2) is 19.1 Å². The van der Waals surface area contributed by atoms with Crippen molar-refractivity contribution in [2.24, 2.45) is 0 Å². The second kappa shape index (κ2) is 6.95. The van der Waals surface area contributed by atoms with E-state index in [1.165, 1.54) is 7.11 Å². The Bertz CT molecular complexity index is 699. The van der Waals surface area contributed by atoms with E-state index in [1.807, 2.05) is 0 Å². The van der Waals surface area contributed by atoms with Crippen LogP contribution >= 0.6 is 11.6 Å². The van der Waals surface area contributed by atoms with Crippen molar-refractivity contribution in [2.75, 3.05) is 17.7 Å². The molecule has 2 rings (SSSR count). The Labute approximate surface area is 133 Å². The molecule has 0 unspecified atom stereocenters. The molecule has 6 heteroatoms. The molecule has 0 radical (unpaired) electrons. The highest BCUT2D eigenvalue weighted by molar-refractivity contribution is 6.30. The van der Waals surface area contributed by atoms with Crippen molar-refractivity contribution in [3.63, 3.8) is 0 Å². The monoisotopic (exact) mass is 318 g/mol. The van der Waals surface area contributed by atoms with Gasteiger partial charge in [-0.05, 0) is 48.9 Å². The normalized spacial score (nSPS) is 9.95. The number of hydrogen-bond donors (Lipinski definition) is 2. The Morgan fingerprint density at radius 2 is 1.73 bits per heavy atom. The maximum absolute atomic E-state index is 12.0. The first-order chi connectivity index (χ1) is 10.5. The van der Waals surface area contributed by atoms with Crippen molar-refractivity contribution in [3.05, 3.63) is 58.6 Å². The van der Waals surface area contributed by atoms with Crippen LogP contribution in [0.5, 0.6) is 0 Å². The SMILES string of the molecule is COC(=O)c1cccc(NC(=O)Nc2ccc(Cl)cc2)c1C. The molecule has 2 aromatic rings. The molecule has 2 N–H and O–H groups in total. The van der Waals surface area contributed by atoms with Gasteiger partial charge in [0.1, 0.15) is 0 Å². The van der Waals surface area contributed by atoms with Crippen molar-refractivity contribution in [2.45, 2.75) is 6.92 Å². The van der Waals surface area contributed by atoms with E-state index in [1.54, 1.807) is 49.4 Å². The lowest BCUT2D eigenvalue weighted by molar-refractivity contribution is 0.0600. The van der Waals surface area contributed by atoms with Crippen molar-refractivity contribution in [1.29, 1.82) is 0 Å². The lowest BCUT2D eigenvalue weighted by Crippen LogP contribution is -2.20. The third-order valence-corrected chi connectivity index (χ3v) is 3.34. The second-order valence-corrected chi connectivity index (χ2v) is 4.99. The average Bonchev–Trinajstić information content (AvgIpc) is 2.51. The van der Waals surface area contributed by atoms with Gasteiger partial charge in [0, 0.05) is 16.4 Å². The molecule has 0 saturated carbocycles. The molecular weight excluding hydrogens is 304 g/mol. The first kappa shape index (κ1) is 15.9. The highest BCUT2D eigenvalue weighted by Crippen LogP contribution is 2.20. The van der Waals surface area contributed by atoms with Crippen LogP contribution in [0.3, 0.4) is 0 Å². The zero-order chi connectivity index (χ0) is 16.1. The summed E-state index contributed by atoms with van der Waals surface area (Å²) in [4.78, 5) is 23.6. The summed E-state index contributed by atoms with van der Waals surface area (Å²) in [7, 11) is 1.31. The summed E-state index contributed by atoms with van der Waals surface area (Å²) in [5, 5.41) is 5.97. The molecule has 0 bridgehead atoms. The topological polar surface area (TPSA) is 67.4 Å². The highest BCUT2D eigenvalue weighted by atomic mass is 35.5. The third kappa shape index (κ3) is 3.77. The standard InChI is InChI=1S/C16H15ClN2O3/c1-10-13(15(20)22-2)4-3-5-14(10)19-16(21)18-12-8-6-11(17)7-9-12/h3-9H,1-2H3,(H2,18,19,21). The number of nitrogens with one attached hydrogen (secondary N) is 2. The maximum atomic E-state index is 12.0. The van der Waals surface area contributed by atoms with Gasteiger partial charge in [-0.15, -0.1) is 0 Å². The summed E-state index contributed by atoms with van der Waals surface area (Å²) in [6.45, 7) is 1.74. The second-order valence-electron chi connectivity index (χ2n) is 4.56. The number of carbonyl (C=O) groups is 2. The molecular formula is C16H15ClN2O3. The quantitative estimate of drug-likeness (QED) is 0.838. The van der Waals surface area contributed by atoms with Crippen molar-refractivity contribution < 1.29 is 14.3 Å². The van der Waals surface area contributed by atoms with Crippen molar-refractivity contribution in [3.8, 4) is 0 Å². The summed E-state index contributed by atoms with van der Waals surface area (Å²) in [5.41, 5.74) is 2.20. The number of carbonyl (C=O) groups excluding carboxylic acids is 2. The molecule has 0 aliphatic rings. The Morgan fingerprint density at radius 3 is 2.36 bits per heavy atom. The first-order valence-corrected chi connectivity index (χ1v) is 6.90. The van der Waals surface area contributed by atoms with Crippen LogP contribution < -0.4 is 10.6 Å². The van der Waals surface area contributed by atoms with Gasteiger partial charge in [-0.1, -0.05) is 17.7 Å². The van der Waals surface area contributed by atoms with Crippen LogP contribution in [0.4, 0.5) is 16.2 Å². The Hall–Kier alpha value is -2.53. The molecule has 2 aromatic carbocycles. The number of urea groups is 1. The molecule has 5 nitrogen and oxygen atoms in total. The van der Waals surface area contributed by atoms with E-state index in [9.17, 15) is 9.59 Å². The van der Waals surface area contributed by atoms with Crippen LogP contribution in [0, 0.1) is 6.92 Å². The Morgan fingerprint density at radius 1 is 1.05 bits per heavy atom. The fraction of sp³-hybridized carbons (Fsp3) is 0.125. The molecule has 22 heavy (non-hydrogen) atoms. The smallest absolute Gasteiger partial charge is 0.338 e. The lowest BCUT2D eigenvalue weighted by Gasteiger charge is -2.12. The minimum absolute atomic E-state index is 0.409. The number of hydrogen-bond acceptors (Lipinski definition) is 3. The van der Waals surface area contributed by atoms with E-state index >= 15 is 0 Å². The lowest BCUT2D eigenvalue weighted by atomic mass is 10.1. The predicted octanol–water partition coefficient (Wildman–Crippen LogP) is 4.08. The summed E-state index contributed by atoms with van der Waals surface area (Å²) in [6.07, 6.45) is 0. The fourth-order valence-electron chi connectivity index (χ4n) is 1.92. The Balaban J connectivity index is 2.11. The Kier molecular flexibility index (Phi) is 5.01. The minimum atomic E-state index is -0.445. The molecule has 0 aliphatic heterocycles. The van der Waals surface area contributed by atoms with Gasteiger partial charge < -0.3 is 15.4 Å². The molecule has 0 spiro atoms. The van der Waals surface area contributed by atoms with E-state index < -0.39 is 12.0 Å². The van der Waals surface area contributed by atoms with Gasteiger partial charge in [-0.3, -0.25) is 0 Å². The largest absolute Gasteiger partial charge is 0.465 e. The van der Waals surface area contributed by atoms with E-state index in [0.717, 1.165) is 0 Å². The van der Waals surface area contributed by atoms with E-state index in [0.29, 0.717) is 27.5 Å². The number of amides is 2. The summed E-state index contributed by atoms with van der Waals surface area (Å²) in [5.74, 6) is -0.445. The number of ether oxygens (including phenoxy) is 1. The van der Waals surface area contributed by atoms with E-state index in [2.05, 4.69) is 10.6 Å². The number of anilines is 2. The molecule has 114 valence electrons. The molecule has 2 amide bonds. The molecule has 0 aromatic heterocycles. The van der Waals surface area contributed by atoms with Gasteiger partial charge in [0.15, 0.2) is 0 Å².